The number of aliphatic hydroxyl groups is 1. The summed E-state index contributed by atoms with van der Waals surface area (Å²) in [7, 11) is 0. The van der Waals surface area contributed by atoms with Crippen LogP contribution in [0.25, 0.3) is 0 Å². The van der Waals surface area contributed by atoms with E-state index in [0.29, 0.717) is 11.3 Å². The highest BCUT2D eigenvalue weighted by atomic mass is 16.3. The number of rotatable bonds is 1. The van der Waals surface area contributed by atoms with E-state index in [9.17, 15) is 5.11 Å². The van der Waals surface area contributed by atoms with Gasteiger partial charge in [-0.3, -0.25) is 0 Å². The van der Waals surface area contributed by atoms with E-state index in [0.717, 1.165) is 12.8 Å². The van der Waals surface area contributed by atoms with E-state index in [1.165, 1.54) is 6.42 Å². The molecule has 0 bridgehead atoms. The summed E-state index contributed by atoms with van der Waals surface area (Å²) in [5, 5.41) is 10.0. The van der Waals surface area contributed by atoms with Crippen LogP contribution in [0.4, 0.5) is 0 Å². The van der Waals surface area contributed by atoms with Crippen molar-refractivity contribution in [3.05, 3.63) is 0 Å². The van der Waals surface area contributed by atoms with Gasteiger partial charge >= 0.3 is 0 Å². The fraction of sp³-hybridized carbons (Fsp3) is 1.00. The van der Waals surface area contributed by atoms with Gasteiger partial charge in [-0.1, -0.05) is 34.6 Å². The molecule has 0 heterocycles. The Kier molecular flexibility index (Phi) is 2.78. The third kappa shape index (κ3) is 2.07. The molecular weight excluding hydrogens is 160 g/mol. The van der Waals surface area contributed by atoms with Gasteiger partial charge in [-0.15, -0.1) is 0 Å². The van der Waals surface area contributed by atoms with Crippen LogP contribution in [0, 0.1) is 16.7 Å². The largest absolute Gasteiger partial charge is 0.393 e. The molecule has 13 heavy (non-hydrogen) atoms. The molecule has 0 aliphatic heterocycles. The first-order valence-electron chi connectivity index (χ1n) is 5.46. The Morgan fingerprint density at radius 1 is 1.15 bits per heavy atom. The van der Waals surface area contributed by atoms with Gasteiger partial charge < -0.3 is 5.11 Å². The maximum atomic E-state index is 10.0. The summed E-state index contributed by atoms with van der Waals surface area (Å²) in [5.41, 5.74) is 0.489. The van der Waals surface area contributed by atoms with E-state index < -0.39 is 0 Å². The van der Waals surface area contributed by atoms with Crippen molar-refractivity contribution in [3.63, 3.8) is 0 Å². The lowest BCUT2D eigenvalue weighted by molar-refractivity contribution is -0.0538. The molecule has 0 aromatic rings. The van der Waals surface area contributed by atoms with Crippen molar-refractivity contribution in [2.24, 2.45) is 16.7 Å². The minimum absolute atomic E-state index is 0.117. The maximum Gasteiger partial charge on any atom is 0.0596 e. The lowest BCUT2D eigenvalue weighted by Gasteiger charge is -2.47. The van der Waals surface area contributed by atoms with Crippen molar-refractivity contribution >= 4 is 0 Å². The van der Waals surface area contributed by atoms with Crippen LogP contribution in [0.2, 0.25) is 0 Å². The summed E-state index contributed by atoms with van der Waals surface area (Å²) >= 11 is 0. The minimum Gasteiger partial charge on any atom is -0.393 e. The normalized spacial score (nSPS) is 39.5. The van der Waals surface area contributed by atoms with Crippen LogP contribution in [0.3, 0.4) is 0 Å². The molecule has 0 saturated heterocycles. The topological polar surface area (TPSA) is 20.2 Å². The maximum absolute atomic E-state index is 10.0. The molecule has 1 aliphatic rings. The molecule has 1 aliphatic carbocycles. The van der Waals surface area contributed by atoms with Crippen LogP contribution in [-0.2, 0) is 0 Å². The molecule has 0 aromatic carbocycles. The van der Waals surface area contributed by atoms with Crippen molar-refractivity contribution in [1.82, 2.24) is 0 Å². The molecule has 1 fully saturated rings. The summed E-state index contributed by atoms with van der Waals surface area (Å²) < 4.78 is 0. The molecular formula is C12H24O. The molecule has 0 spiro atoms. The summed E-state index contributed by atoms with van der Waals surface area (Å²) in [6.45, 7) is 11.2. The third-order valence-corrected chi connectivity index (χ3v) is 4.30. The van der Waals surface area contributed by atoms with E-state index in [1.807, 2.05) is 0 Å². The van der Waals surface area contributed by atoms with E-state index >= 15 is 0 Å². The van der Waals surface area contributed by atoms with Gasteiger partial charge in [0, 0.05) is 0 Å². The molecule has 0 amide bonds. The SMILES string of the molecule is CC(C)[C@]1(C)CCC(C)(C)[C@@H](O)C1. The zero-order valence-electron chi connectivity index (χ0n) is 9.72. The first-order valence-corrected chi connectivity index (χ1v) is 5.46. The third-order valence-electron chi connectivity index (χ3n) is 4.30. The molecule has 2 atom stereocenters. The predicted molar refractivity (Wildman–Crippen MR) is 56.6 cm³/mol. The second-order valence-corrected chi connectivity index (χ2v) is 6.02. The standard InChI is InChI=1S/C12H24O/c1-9(2)12(5)7-6-11(3,4)10(13)8-12/h9-10,13H,6-8H2,1-5H3/t10-,12+/m0/s1. The highest BCUT2D eigenvalue weighted by Crippen LogP contribution is 2.48. The first kappa shape index (κ1) is 11.0. The Balaban J connectivity index is 2.70. The monoisotopic (exact) mass is 184 g/mol. The molecule has 1 saturated carbocycles. The molecule has 78 valence electrons. The highest BCUT2D eigenvalue weighted by molar-refractivity contribution is 4.93. The first-order chi connectivity index (χ1) is 5.78. The van der Waals surface area contributed by atoms with Gasteiger partial charge in [0.2, 0.25) is 0 Å². The van der Waals surface area contributed by atoms with Gasteiger partial charge in [0.25, 0.3) is 0 Å². The Labute approximate surface area is 82.5 Å². The zero-order valence-corrected chi connectivity index (χ0v) is 9.72. The number of hydrogen-bond acceptors (Lipinski definition) is 1. The van der Waals surface area contributed by atoms with Crippen molar-refractivity contribution in [2.45, 2.75) is 60.0 Å². The van der Waals surface area contributed by atoms with Crippen LogP contribution in [-0.4, -0.2) is 11.2 Å². The number of hydrogen-bond donors (Lipinski definition) is 1. The average Bonchev–Trinajstić information content (AvgIpc) is 1.98. The fourth-order valence-electron chi connectivity index (χ4n) is 2.12. The summed E-state index contributed by atoms with van der Waals surface area (Å²) in [6, 6.07) is 0. The quantitative estimate of drug-likeness (QED) is 0.663. The lowest BCUT2D eigenvalue weighted by Crippen LogP contribution is -2.42. The summed E-state index contributed by atoms with van der Waals surface area (Å²) in [5.74, 6) is 0.679. The highest BCUT2D eigenvalue weighted by Gasteiger charge is 2.42. The second-order valence-electron chi connectivity index (χ2n) is 6.02. The lowest BCUT2D eigenvalue weighted by atomic mass is 9.60. The van der Waals surface area contributed by atoms with Gasteiger partial charge in [-0.2, -0.15) is 0 Å². The van der Waals surface area contributed by atoms with Crippen LogP contribution in [0.1, 0.15) is 53.9 Å². The smallest absolute Gasteiger partial charge is 0.0596 e. The summed E-state index contributed by atoms with van der Waals surface area (Å²) in [6.07, 6.45) is 3.27. The van der Waals surface area contributed by atoms with Crippen LogP contribution in [0.15, 0.2) is 0 Å². The van der Waals surface area contributed by atoms with Gasteiger partial charge in [0.1, 0.15) is 0 Å². The van der Waals surface area contributed by atoms with Crippen molar-refractivity contribution < 1.29 is 5.11 Å². The van der Waals surface area contributed by atoms with Gasteiger partial charge in [0.05, 0.1) is 6.10 Å². The van der Waals surface area contributed by atoms with Crippen LogP contribution < -0.4 is 0 Å². The Morgan fingerprint density at radius 2 is 1.69 bits per heavy atom. The molecule has 1 rings (SSSR count). The molecule has 0 radical (unpaired) electrons. The van der Waals surface area contributed by atoms with E-state index in [4.69, 9.17) is 0 Å². The molecule has 1 N–H and O–H groups in total. The Hall–Kier alpha value is -0.0400. The minimum atomic E-state index is -0.117. The fourth-order valence-corrected chi connectivity index (χ4v) is 2.12. The van der Waals surface area contributed by atoms with Crippen molar-refractivity contribution in [3.8, 4) is 0 Å². The number of aliphatic hydroxyl groups excluding tert-OH is 1. The van der Waals surface area contributed by atoms with E-state index in [-0.39, 0.29) is 11.5 Å². The van der Waals surface area contributed by atoms with Crippen LogP contribution in [0.5, 0.6) is 0 Å². The summed E-state index contributed by atoms with van der Waals surface area (Å²) in [4.78, 5) is 0. The zero-order chi connectivity index (χ0) is 10.3. The molecule has 0 unspecified atom stereocenters. The van der Waals surface area contributed by atoms with Crippen molar-refractivity contribution in [1.29, 1.82) is 0 Å². The average molecular weight is 184 g/mol. The Bertz CT molecular complexity index is 184. The predicted octanol–water partition coefficient (Wildman–Crippen LogP) is 3.22. The van der Waals surface area contributed by atoms with Gasteiger partial charge in [-0.05, 0) is 36.0 Å². The van der Waals surface area contributed by atoms with Crippen molar-refractivity contribution in [2.75, 3.05) is 0 Å². The molecule has 1 heteroatoms. The molecule has 0 aromatic heterocycles. The van der Waals surface area contributed by atoms with Gasteiger partial charge in [0.15, 0.2) is 0 Å². The Morgan fingerprint density at radius 3 is 2.08 bits per heavy atom. The second kappa shape index (κ2) is 3.27. The van der Waals surface area contributed by atoms with Crippen LogP contribution >= 0.6 is 0 Å². The molecule has 1 nitrogen and oxygen atoms in total. The van der Waals surface area contributed by atoms with Gasteiger partial charge in [-0.25, -0.2) is 0 Å². The van der Waals surface area contributed by atoms with E-state index in [2.05, 4.69) is 34.6 Å². The van der Waals surface area contributed by atoms with E-state index in [1.54, 1.807) is 0 Å².